The van der Waals surface area contributed by atoms with E-state index in [9.17, 15) is 4.79 Å². The van der Waals surface area contributed by atoms with Gasteiger partial charge in [0.2, 0.25) is 0 Å². The van der Waals surface area contributed by atoms with Gasteiger partial charge < -0.3 is 0 Å². The maximum absolute atomic E-state index is 11.3. The van der Waals surface area contributed by atoms with E-state index in [0.29, 0.717) is 10.5 Å². The number of hydrogen-bond acceptors (Lipinski definition) is 3. The van der Waals surface area contributed by atoms with Gasteiger partial charge in [-0.3, -0.25) is 10.0 Å². The van der Waals surface area contributed by atoms with E-state index in [0.717, 1.165) is 16.5 Å². The van der Waals surface area contributed by atoms with Crippen LogP contribution in [0.4, 0.5) is 0 Å². The van der Waals surface area contributed by atoms with Crippen LogP contribution in [0, 0.1) is 13.8 Å². The highest BCUT2D eigenvalue weighted by atomic mass is 35.5. The number of rotatable bonds is 1. The number of pyridine rings is 1. The first-order chi connectivity index (χ1) is 8.02. The first-order valence-corrected chi connectivity index (χ1v) is 5.42. The number of hydrogen-bond donors (Lipinski definition) is 2. The molecular formula is C12H11ClN2O2. The third-order valence-corrected chi connectivity index (χ3v) is 2.83. The van der Waals surface area contributed by atoms with Gasteiger partial charge in [-0.1, -0.05) is 11.6 Å². The SMILES string of the molecule is Cc1cc(C(=O)NO)nc2c(C)cc(Cl)cc12. The van der Waals surface area contributed by atoms with Gasteiger partial charge in [-0.05, 0) is 43.2 Å². The van der Waals surface area contributed by atoms with Crippen molar-refractivity contribution in [1.29, 1.82) is 0 Å². The minimum Gasteiger partial charge on any atom is -0.288 e. The molecule has 0 saturated carbocycles. The topological polar surface area (TPSA) is 62.2 Å². The number of fused-ring (bicyclic) bond motifs is 1. The molecule has 0 aliphatic carbocycles. The largest absolute Gasteiger partial charge is 0.293 e. The molecule has 1 amide bonds. The fourth-order valence-corrected chi connectivity index (χ4v) is 2.07. The summed E-state index contributed by atoms with van der Waals surface area (Å²) in [4.78, 5) is 15.6. The van der Waals surface area contributed by atoms with E-state index in [2.05, 4.69) is 4.98 Å². The molecule has 2 N–H and O–H groups in total. The number of halogens is 1. The first-order valence-electron chi connectivity index (χ1n) is 5.05. The minimum atomic E-state index is -0.621. The van der Waals surface area contributed by atoms with E-state index in [1.165, 1.54) is 0 Å². The Morgan fingerprint density at radius 2 is 2.00 bits per heavy atom. The van der Waals surface area contributed by atoms with Gasteiger partial charge in [0.05, 0.1) is 5.52 Å². The number of benzene rings is 1. The number of carbonyl (C=O) groups excluding carboxylic acids is 1. The fraction of sp³-hybridized carbons (Fsp3) is 0.167. The fourth-order valence-electron chi connectivity index (χ4n) is 1.79. The number of nitrogens with zero attached hydrogens (tertiary/aromatic N) is 1. The van der Waals surface area contributed by atoms with E-state index >= 15 is 0 Å². The third kappa shape index (κ3) is 2.09. The van der Waals surface area contributed by atoms with Gasteiger partial charge in [0.15, 0.2) is 0 Å². The van der Waals surface area contributed by atoms with Crippen LogP contribution in [0.2, 0.25) is 5.02 Å². The Balaban J connectivity index is 2.77. The monoisotopic (exact) mass is 250 g/mol. The average Bonchev–Trinajstić information content (AvgIpc) is 2.29. The van der Waals surface area contributed by atoms with Crippen molar-refractivity contribution in [3.8, 4) is 0 Å². The van der Waals surface area contributed by atoms with Crippen molar-refractivity contribution in [3.05, 3.63) is 40.0 Å². The Morgan fingerprint density at radius 1 is 1.29 bits per heavy atom. The Bertz CT molecular complexity index is 611. The van der Waals surface area contributed by atoms with Gasteiger partial charge in [0, 0.05) is 10.4 Å². The van der Waals surface area contributed by atoms with E-state index in [-0.39, 0.29) is 5.69 Å². The summed E-state index contributed by atoms with van der Waals surface area (Å²) < 4.78 is 0. The predicted molar refractivity (Wildman–Crippen MR) is 65.5 cm³/mol. The highest BCUT2D eigenvalue weighted by Crippen LogP contribution is 2.25. The molecule has 2 aromatic rings. The molecule has 5 heteroatoms. The van der Waals surface area contributed by atoms with Gasteiger partial charge in [0.25, 0.3) is 5.91 Å². The maximum Gasteiger partial charge on any atom is 0.293 e. The quantitative estimate of drug-likeness (QED) is 0.604. The Kier molecular flexibility index (Phi) is 3.00. The Morgan fingerprint density at radius 3 is 2.65 bits per heavy atom. The highest BCUT2D eigenvalue weighted by Gasteiger charge is 2.11. The van der Waals surface area contributed by atoms with Crippen molar-refractivity contribution in [1.82, 2.24) is 10.5 Å². The lowest BCUT2D eigenvalue weighted by Gasteiger charge is -2.08. The summed E-state index contributed by atoms with van der Waals surface area (Å²) >= 11 is 5.98. The summed E-state index contributed by atoms with van der Waals surface area (Å²) in [6.07, 6.45) is 0. The molecule has 0 unspecified atom stereocenters. The standard InChI is InChI=1S/C12H11ClN2O2/c1-6-4-10(12(16)15-17)14-11-7(2)3-8(13)5-9(6)11/h3-5,17H,1-2H3,(H,15,16). The van der Waals surface area contributed by atoms with Crippen molar-refractivity contribution in [2.75, 3.05) is 0 Å². The van der Waals surface area contributed by atoms with Crippen LogP contribution < -0.4 is 5.48 Å². The molecule has 2 rings (SSSR count). The second-order valence-corrected chi connectivity index (χ2v) is 4.32. The summed E-state index contributed by atoms with van der Waals surface area (Å²) in [5.41, 5.74) is 4.26. The molecule has 0 aliphatic heterocycles. The second-order valence-electron chi connectivity index (χ2n) is 3.88. The number of nitrogens with one attached hydrogen (secondary N) is 1. The van der Waals surface area contributed by atoms with E-state index in [1.54, 1.807) is 17.6 Å². The lowest BCUT2D eigenvalue weighted by Crippen LogP contribution is -2.20. The summed E-state index contributed by atoms with van der Waals surface area (Å²) in [6.45, 7) is 3.75. The molecule has 4 nitrogen and oxygen atoms in total. The zero-order valence-corrected chi connectivity index (χ0v) is 10.2. The van der Waals surface area contributed by atoms with E-state index in [1.807, 2.05) is 19.9 Å². The molecule has 0 aliphatic rings. The second kappa shape index (κ2) is 4.31. The molecule has 0 atom stereocenters. The van der Waals surface area contributed by atoms with Crippen LogP contribution in [0.3, 0.4) is 0 Å². The minimum absolute atomic E-state index is 0.183. The van der Waals surface area contributed by atoms with Gasteiger partial charge in [-0.25, -0.2) is 10.5 Å². The normalized spacial score (nSPS) is 10.6. The van der Waals surface area contributed by atoms with E-state index in [4.69, 9.17) is 16.8 Å². The maximum atomic E-state index is 11.3. The van der Waals surface area contributed by atoms with Crippen LogP contribution in [0.5, 0.6) is 0 Å². The van der Waals surface area contributed by atoms with Gasteiger partial charge in [-0.15, -0.1) is 0 Å². The molecule has 0 radical (unpaired) electrons. The van der Waals surface area contributed by atoms with Crippen molar-refractivity contribution in [3.63, 3.8) is 0 Å². The predicted octanol–water partition coefficient (Wildman–Crippen LogP) is 2.62. The number of aryl methyl sites for hydroxylation is 2. The molecule has 1 heterocycles. The highest BCUT2D eigenvalue weighted by molar-refractivity contribution is 6.31. The van der Waals surface area contributed by atoms with Crippen LogP contribution >= 0.6 is 11.6 Å². The average molecular weight is 251 g/mol. The number of amides is 1. The summed E-state index contributed by atoms with van der Waals surface area (Å²) in [5, 5.41) is 10.1. The molecule has 1 aromatic heterocycles. The van der Waals surface area contributed by atoms with Gasteiger partial charge in [-0.2, -0.15) is 0 Å². The molecule has 0 spiro atoms. The summed E-state index contributed by atoms with van der Waals surface area (Å²) in [5.74, 6) is -0.621. The van der Waals surface area contributed by atoms with Crippen LogP contribution in [-0.4, -0.2) is 16.1 Å². The van der Waals surface area contributed by atoms with Crippen molar-refractivity contribution in [2.24, 2.45) is 0 Å². The van der Waals surface area contributed by atoms with Gasteiger partial charge >= 0.3 is 0 Å². The van der Waals surface area contributed by atoms with E-state index < -0.39 is 5.91 Å². The molecule has 0 fully saturated rings. The van der Waals surface area contributed by atoms with Crippen molar-refractivity contribution < 1.29 is 10.0 Å². The van der Waals surface area contributed by atoms with Crippen LogP contribution in [-0.2, 0) is 0 Å². The lowest BCUT2D eigenvalue weighted by molar-refractivity contribution is 0.0701. The van der Waals surface area contributed by atoms with Crippen LogP contribution in [0.15, 0.2) is 18.2 Å². The smallest absolute Gasteiger partial charge is 0.288 e. The molecule has 0 saturated heterocycles. The molecule has 1 aromatic carbocycles. The summed E-state index contributed by atoms with van der Waals surface area (Å²) in [7, 11) is 0. The van der Waals surface area contributed by atoms with Crippen LogP contribution in [0.1, 0.15) is 21.6 Å². The zero-order valence-electron chi connectivity index (χ0n) is 9.41. The molecular weight excluding hydrogens is 240 g/mol. The van der Waals surface area contributed by atoms with Crippen molar-refractivity contribution >= 4 is 28.4 Å². The molecule has 0 bridgehead atoms. The van der Waals surface area contributed by atoms with Crippen molar-refractivity contribution in [2.45, 2.75) is 13.8 Å². The Hall–Kier alpha value is -1.65. The zero-order chi connectivity index (χ0) is 12.6. The third-order valence-electron chi connectivity index (χ3n) is 2.61. The van der Waals surface area contributed by atoms with Gasteiger partial charge in [0.1, 0.15) is 5.69 Å². The number of carbonyl (C=O) groups is 1. The summed E-state index contributed by atoms with van der Waals surface area (Å²) in [6, 6.07) is 5.22. The number of hydroxylamine groups is 1. The lowest BCUT2D eigenvalue weighted by atomic mass is 10.1. The molecule has 17 heavy (non-hydrogen) atoms. The molecule has 88 valence electrons. The number of aromatic nitrogens is 1. The first kappa shape index (κ1) is 11.8. The van der Waals surface area contributed by atoms with Crippen LogP contribution in [0.25, 0.3) is 10.9 Å². The Labute approximate surface area is 103 Å².